The Morgan fingerprint density at radius 3 is 2.80 bits per heavy atom. The maximum Gasteiger partial charge on any atom is 0.124 e. The Hall–Kier alpha value is -2.57. The van der Waals surface area contributed by atoms with Crippen LogP contribution >= 0.6 is 15.9 Å². The van der Waals surface area contributed by atoms with E-state index in [0.717, 1.165) is 65.1 Å². The average Bonchev–Trinajstić information content (AvgIpc) is 2.79. The molecule has 1 saturated heterocycles. The number of pyridine rings is 1. The maximum atomic E-state index is 5.82. The van der Waals surface area contributed by atoms with E-state index >= 15 is 0 Å². The highest BCUT2D eigenvalue weighted by atomic mass is 79.9. The van der Waals surface area contributed by atoms with E-state index in [1.165, 1.54) is 11.3 Å². The zero-order valence-corrected chi connectivity index (χ0v) is 18.3. The topological polar surface area (TPSA) is 46.6 Å². The monoisotopic (exact) mass is 465 g/mol. The summed E-state index contributed by atoms with van der Waals surface area (Å²) in [6, 6.07) is 14.6. The second-order valence-electron chi connectivity index (χ2n) is 7.61. The summed E-state index contributed by atoms with van der Waals surface area (Å²) in [6.07, 6.45) is 2.84. The fourth-order valence-electron chi connectivity index (χ4n) is 4.30. The zero-order valence-electron chi connectivity index (χ0n) is 16.7. The smallest absolute Gasteiger partial charge is 0.124 e. The fraction of sp³-hybridized carbons (Fsp3) is 0.292. The van der Waals surface area contributed by atoms with Crippen molar-refractivity contribution in [2.45, 2.75) is 12.5 Å². The van der Waals surface area contributed by atoms with Crippen LogP contribution in [0.2, 0.25) is 0 Å². The summed E-state index contributed by atoms with van der Waals surface area (Å²) < 4.78 is 12.4. The van der Waals surface area contributed by atoms with Crippen molar-refractivity contribution in [1.29, 1.82) is 0 Å². The van der Waals surface area contributed by atoms with E-state index in [1.807, 2.05) is 24.4 Å². The van der Waals surface area contributed by atoms with Crippen molar-refractivity contribution >= 4 is 38.2 Å². The van der Waals surface area contributed by atoms with Gasteiger partial charge in [0.25, 0.3) is 0 Å². The molecule has 3 aromatic rings. The number of para-hydroxylation sites is 2. The molecule has 2 aliphatic rings. The molecule has 1 fully saturated rings. The minimum absolute atomic E-state index is 0.165. The molecule has 30 heavy (non-hydrogen) atoms. The van der Waals surface area contributed by atoms with Gasteiger partial charge in [0.05, 0.1) is 37.1 Å². The average molecular weight is 466 g/mol. The Morgan fingerprint density at radius 2 is 1.93 bits per heavy atom. The van der Waals surface area contributed by atoms with Crippen LogP contribution in [-0.4, -0.2) is 37.9 Å². The molecule has 1 aromatic heterocycles. The van der Waals surface area contributed by atoms with Crippen LogP contribution in [0.25, 0.3) is 16.6 Å². The van der Waals surface area contributed by atoms with Crippen molar-refractivity contribution in [3.8, 4) is 5.75 Å². The van der Waals surface area contributed by atoms with Crippen LogP contribution in [-0.2, 0) is 4.74 Å². The van der Waals surface area contributed by atoms with Gasteiger partial charge in [-0.05, 0) is 28.1 Å². The molecule has 0 radical (unpaired) electrons. The van der Waals surface area contributed by atoms with Gasteiger partial charge < -0.3 is 19.7 Å². The van der Waals surface area contributed by atoms with Crippen molar-refractivity contribution in [2.24, 2.45) is 0 Å². The number of hydrogen-bond acceptors (Lipinski definition) is 5. The van der Waals surface area contributed by atoms with E-state index in [0.29, 0.717) is 6.61 Å². The van der Waals surface area contributed by atoms with Crippen molar-refractivity contribution in [3.63, 3.8) is 0 Å². The molecule has 5 rings (SSSR count). The van der Waals surface area contributed by atoms with E-state index in [-0.39, 0.29) is 6.04 Å². The van der Waals surface area contributed by atoms with Crippen LogP contribution in [0.3, 0.4) is 0 Å². The van der Waals surface area contributed by atoms with Gasteiger partial charge in [-0.15, -0.1) is 0 Å². The predicted molar refractivity (Wildman–Crippen MR) is 124 cm³/mol. The van der Waals surface area contributed by atoms with Crippen LogP contribution in [0.5, 0.6) is 5.75 Å². The van der Waals surface area contributed by atoms with Crippen molar-refractivity contribution in [2.75, 3.05) is 37.8 Å². The standard InChI is InChI=1S/C24H24BrN3O2/c1-16(27-21-9-12-30-22-8-3-2-5-17(21)22)19-15-26-23-18(6-4-7-20(23)25)24(19)28-10-13-29-14-11-28/h2-8,15,21,27H,1,9-14H2. The number of ether oxygens (including phenoxy) is 2. The molecular weight excluding hydrogens is 442 g/mol. The molecule has 1 atom stereocenters. The van der Waals surface area contributed by atoms with Crippen molar-refractivity contribution in [1.82, 2.24) is 10.3 Å². The normalized spacial score (nSPS) is 18.6. The Morgan fingerprint density at radius 1 is 1.10 bits per heavy atom. The lowest BCUT2D eigenvalue weighted by molar-refractivity contribution is 0.123. The van der Waals surface area contributed by atoms with Gasteiger partial charge in [-0.25, -0.2) is 0 Å². The lowest BCUT2D eigenvalue weighted by Crippen LogP contribution is -2.37. The van der Waals surface area contributed by atoms with E-state index in [2.05, 4.69) is 57.0 Å². The molecule has 0 amide bonds. The van der Waals surface area contributed by atoms with Crippen LogP contribution in [0.4, 0.5) is 5.69 Å². The van der Waals surface area contributed by atoms with Gasteiger partial charge in [0.1, 0.15) is 5.75 Å². The molecule has 5 nitrogen and oxygen atoms in total. The number of nitrogens with one attached hydrogen (secondary N) is 1. The Kier molecular flexibility index (Phi) is 5.35. The van der Waals surface area contributed by atoms with Crippen LogP contribution < -0.4 is 15.0 Å². The van der Waals surface area contributed by atoms with Gasteiger partial charge in [0, 0.05) is 52.4 Å². The number of nitrogens with zero attached hydrogens (tertiary/aromatic N) is 2. The number of rotatable bonds is 4. The second kappa shape index (κ2) is 8.28. The first-order valence-corrected chi connectivity index (χ1v) is 11.1. The number of halogens is 1. The van der Waals surface area contributed by atoms with E-state index in [9.17, 15) is 0 Å². The third-order valence-corrected chi connectivity index (χ3v) is 6.42. The summed E-state index contributed by atoms with van der Waals surface area (Å²) in [7, 11) is 0. The Labute approximate surface area is 184 Å². The van der Waals surface area contributed by atoms with Gasteiger partial charge in [-0.3, -0.25) is 4.98 Å². The quantitative estimate of drug-likeness (QED) is 0.592. The van der Waals surface area contributed by atoms with Crippen LogP contribution in [0.15, 0.2) is 59.7 Å². The molecule has 6 heteroatoms. The van der Waals surface area contributed by atoms with Crippen LogP contribution in [0, 0.1) is 0 Å². The molecule has 0 bridgehead atoms. The number of anilines is 1. The summed E-state index contributed by atoms with van der Waals surface area (Å²) in [5.74, 6) is 0.947. The second-order valence-corrected chi connectivity index (χ2v) is 8.46. The molecule has 2 aliphatic heterocycles. The lowest BCUT2D eigenvalue weighted by atomic mass is 9.99. The summed E-state index contributed by atoms with van der Waals surface area (Å²) in [4.78, 5) is 7.15. The van der Waals surface area contributed by atoms with Crippen molar-refractivity contribution in [3.05, 3.63) is 70.8 Å². The molecule has 0 spiro atoms. The first-order chi connectivity index (χ1) is 14.7. The summed E-state index contributed by atoms with van der Waals surface area (Å²) in [5, 5.41) is 4.79. The molecule has 154 valence electrons. The van der Waals surface area contributed by atoms with Gasteiger partial charge in [-0.2, -0.15) is 0 Å². The van der Waals surface area contributed by atoms with Gasteiger partial charge in [0.15, 0.2) is 0 Å². The first-order valence-electron chi connectivity index (χ1n) is 10.3. The third-order valence-electron chi connectivity index (χ3n) is 5.78. The minimum atomic E-state index is 0.165. The molecule has 0 saturated carbocycles. The SMILES string of the molecule is C=C(NC1CCOc2ccccc21)c1cnc2c(Br)cccc2c1N1CCOCC1. The maximum absolute atomic E-state index is 5.82. The third kappa shape index (κ3) is 3.55. The molecule has 3 heterocycles. The molecule has 0 aliphatic carbocycles. The number of hydrogen-bond donors (Lipinski definition) is 1. The molecule has 1 N–H and O–H groups in total. The fourth-order valence-corrected chi connectivity index (χ4v) is 4.77. The number of fused-ring (bicyclic) bond motifs is 2. The van der Waals surface area contributed by atoms with Gasteiger partial charge in [-0.1, -0.05) is 36.9 Å². The zero-order chi connectivity index (χ0) is 20.5. The highest BCUT2D eigenvalue weighted by Crippen LogP contribution is 2.38. The summed E-state index contributed by atoms with van der Waals surface area (Å²) in [6.45, 7) is 8.27. The molecule has 2 aromatic carbocycles. The highest BCUT2D eigenvalue weighted by Gasteiger charge is 2.25. The number of morpholine rings is 1. The van der Waals surface area contributed by atoms with Gasteiger partial charge >= 0.3 is 0 Å². The predicted octanol–water partition coefficient (Wildman–Crippen LogP) is 4.92. The highest BCUT2D eigenvalue weighted by molar-refractivity contribution is 9.10. The Bertz CT molecular complexity index is 1100. The Balaban J connectivity index is 1.54. The summed E-state index contributed by atoms with van der Waals surface area (Å²) in [5.41, 5.74) is 5.22. The molecule has 1 unspecified atom stereocenters. The number of benzene rings is 2. The van der Waals surface area contributed by atoms with Gasteiger partial charge in [0.2, 0.25) is 0 Å². The molecular formula is C24H24BrN3O2. The summed E-state index contributed by atoms with van der Waals surface area (Å²) >= 11 is 3.66. The van der Waals surface area contributed by atoms with Crippen LogP contribution in [0.1, 0.15) is 23.6 Å². The minimum Gasteiger partial charge on any atom is -0.493 e. The van der Waals surface area contributed by atoms with Crippen molar-refractivity contribution < 1.29 is 9.47 Å². The van der Waals surface area contributed by atoms with E-state index in [4.69, 9.17) is 14.5 Å². The van der Waals surface area contributed by atoms with E-state index < -0.39 is 0 Å². The first kappa shape index (κ1) is 19.4. The largest absolute Gasteiger partial charge is 0.493 e. The van der Waals surface area contributed by atoms with E-state index in [1.54, 1.807) is 0 Å². The lowest BCUT2D eigenvalue weighted by Gasteiger charge is -2.33. The number of aromatic nitrogens is 1.